The topological polar surface area (TPSA) is 126 Å². The van der Waals surface area contributed by atoms with E-state index < -0.39 is 0 Å². The highest BCUT2D eigenvalue weighted by Crippen LogP contribution is 2.36. The van der Waals surface area contributed by atoms with Gasteiger partial charge in [0.15, 0.2) is 0 Å². The average Bonchev–Trinajstić information content (AvgIpc) is 2.74. The van der Waals surface area contributed by atoms with Crippen LogP contribution >= 0.6 is 0 Å². The van der Waals surface area contributed by atoms with Crippen molar-refractivity contribution in [3.05, 3.63) is 89.8 Å². The molecule has 0 saturated carbocycles. The summed E-state index contributed by atoms with van der Waals surface area (Å²) in [6.07, 6.45) is 4.69. The van der Waals surface area contributed by atoms with Crippen LogP contribution in [0.4, 0.5) is 11.4 Å². The van der Waals surface area contributed by atoms with Crippen LogP contribution in [-0.2, 0) is 0 Å². The molecular formula is C25H26N5O+. The van der Waals surface area contributed by atoms with Crippen LogP contribution in [0, 0.1) is 5.92 Å². The Kier molecular flexibility index (Phi) is 5.45. The van der Waals surface area contributed by atoms with Crippen LogP contribution in [0.2, 0.25) is 0 Å². The highest BCUT2D eigenvalue weighted by molar-refractivity contribution is 6.03. The molecule has 0 radical (unpaired) electrons. The first-order valence-electron chi connectivity index (χ1n) is 10.1. The molecular weight excluding hydrogens is 386 g/mol. The number of rotatable bonds is 5. The summed E-state index contributed by atoms with van der Waals surface area (Å²) in [4.78, 5) is 4.90. The van der Waals surface area contributed by atoms with Gasteiger partial charge in [0, 0.05) is 17.7 Å². The van der Waals surface area contributed by atoms with Crippen LogP contribution in [0.15, 0.2) is 78.6 Å². The third-order valence-electron chi connectivity index (χ3n) is 5.30. The molecule has 0 fully saturated rings. The predicted octanol–water partition coefficient (Wildman–Crippen LogP) is 2.76. The van der Waals surface area contributed by atoms with E-state index in [1.165, 1.54) is 0 Å². The van der Waals surface area contributed by atoms with Crippen LogP contribution in [-0.4, -0.2) is 10.8 Å². The Labute approximate surface area is 181 Å². The van der Waals surface area contributed by atoms with E-state index in [1.807, 2.05) is 66.7 Å². The maximum atomic E-state index is 6.36. The van der Waals surface area contributed by atoms with Gasteiger partial charge in [0.2, 0.25) is 0 Å². The number of nitrogen functional groups attached to an aromatic ring is 2. The highest BCUT2D eigenvalue weighted by atomic mass is 16.5. The van der Waals surface area contributed by atoms with E-state index in [0.29, 0.717) is 22.6 Å². The van der Waals surface area contributed by atoms with Gasteiger partial charge >= 0.3 is 0 Å². The lowest BCUT2D eigenvalue weighted by Crippen LogP contribution is -2.47. The lowest BCUT2D eigenvalue weighted by Gasteiger charge is -2.23. The molecule has 1 atom stereocenters. The zero-order valence-corrected chi connectivity index (χ0v) is 17.4. The van der Waals surface area contributed by atoms with Gasteiger partial charge in [0.05, 0.1) is 17.1 Å². The first-order chi connectivity index (χ1) is 14.9. The molecule has 31 heavy (non-hydrogen) atoms. The second-order valence-corrected chi connectivity index (χ2v) is 7.67. The molecule has 1 aromatic heterocycles. The van der Waals surface area contributed by atoms with Crippen LogP contribution < -0.4 is 27.3 Å². The van der Waals surface area contributed by atoms with Crippen LogP contribution in [0.1, 0.15) is 24.6 Å². The van der Waals surface area contributed by atoms with E-state index in [-0.39, 0.29) is 11.8 Å². The predicted molar refractivity (Wildman–Crippen MR) is 126 cm³/mol. The number of anilines is 2. The fraction of sp³-hybridized carbons (Fsp3) is 0.120. The second kappa shape index (κ2) is 8.36. The number of amidine groups is 1. The van der Waals surface area contributed by atoms with E-state index in [1.54, 1.807) is 6.07 Å². The van der Waals surface area contributed by atoms with E-state index in [2.05, 4.69) is 6.92 Å². The van der Waals surface area contributed by atoms with Crippen LogP contribution in [0.5, 0.6) is 5.75 Å². The minimum atomic E-state index is 0.135. The third-order valence-corrected chi connectivity index (χ3v) is 5.30. The first kappa shape index (κ1) is 20.2. The molecule has 0 saturated heterocycles. The normalized spacial score (nSPS) is 15.7. The summed E-state index contributed by atoms with van der Waals surface area (Å²) in [5.41, 5.74) is 23.3. The van der Waals surface area contributed by atoms with E-state index in [0.717, 1.165) is 34.8 Å². The standard InChI is InChI=1S/C25H25N5O/c1-15-13-19(31-18-5-3-2-4-6-18)11-12-20(15)24-23(25(28)29)21(27)14-22(30-24)16-7-9-17(26)10-8-16/h2-12,14-15H,13,26H2,1H3,(H2,27,30)(H3,28,29)/p+1. The summed E-state index contributed by atoms with van der Waals surface area (Å²) in [7, 11) is 0. The number of hydrogen-bond donors (Lipinski definition) is 4. The molecule has 3 aromatic rings. The first-order valence-corrected chi connectivity index (χ1v) is 10.1. The summed E-state index contributed by atoms with van der Waals surface area (Å²) in [6.45, 7) is 2.12. The zero-order valence-electron chi connectivity index (χ0n) is 17.4. The van der Waals surface area contributed by atoms with Crippen molar-refractivity contribution in [2.24, 2.45) is 11.7 Å². The Hall–Kier alpha value is -4.06. The largest absolute Gasteiger partial charge is 0.462 e. The molecule has 1 aliphatic carbocycles. The molecule has 1 aliphatic rings. The van der Waals surface area contributed by atoms with Crippen molar-refractivity contribution in [1.82, 2.24) is 4.98 Å². The second-order valence-electron chi connectivity index (χ2n) is 7.67. The maximum Gasteiger partial charge on any atom is 0.275 e. The van der Waals surface area contributed by atoms with Gasteiger partial charge in [-0.25, -0.2) is 4.98 Å². The number of ether oxygens (including phenoxy) is 1. The molecule has 0 spiro atoms. The molecule has 6 heteroatoms. The van der Waals surface area contributed by atoms with Crippen molar-refractivity contribution in [1.29, 1.82) is 0 Å². The number of benzene rings is 2. The van der Waals surface area contributed by atoms with Gasteiger partial charge in [0.1, 0.15) is 17.1 Å². The number of pyridine rings is 1. The molecule has 0 bridgehead atoms. The quantitative estimate of drug-likeness (QED) is 0.291. The third kappa shape index (κ3) is 4.28. The smallest absolute Gasteiger partial charge is 0.275 e. The molecule has 0 amide bonds. The van der Waals surface area contributed by atoms with Crippen molar-refractivity contribution in [3.8, 4) is 17.0 Å². The molecule has 1 heterocycles. The van der Waals surface area contributed by atoms with Gasteiger partial charge in [-0.2, -0.15) is 0 Å². The van der Waals surface area contributed by atoms with Crippen molar-refractivity contribution in [2.75, 3.05) is 11.5 Å². The minimum Gasteiger partial charge on any atom is -0.462 e. The molecule has 6 nitrogen and oxygen atoms in total. The number of nitrogens with two attached hydrogens (primary N) is 4. The lowest BCUT2D eigenvalue weighted by molar-refractivity contribution is -0.114. The Bertz CT molecular complexity index is 1180. The van der Waals surface area contributed by atoms with Gasteiger partial charge < -0.3 is 16.2 Å². The number of para-hydroxylation sites is 1. The van der Waals surface area contributed by atoms with Crippen LogP contribution in [0.25, 0.3) is 16.8 Å². The van der Waals surface area contributed by atoms with Gasteiger partial charge in [0.25, 0.3) is 5.84 Å². The molecule has 0 aliphatic heterocycles. The van der Waals surface area contributed by atoms with Gasteiger partial charge in [-0.1, -0.05) is 43.3 Å². The monoisotopic (exact) mass is 412 g/mol. The van der Waals surface area contributed by atoms with E-state index >= 15 is 0 Å². The zero-order chi connectivity index (χ0) is 22.0. The summed E-state index contributed by atoms with van der Waals surface area (Å²) >= 11 is 0. The fourth-order valence-electron chi connectivity index (χ4n) is 3.73. The Morgan fingerprint density at radius 3 is 2.39 bits per heavy atom. The van der Waals surface area contributed by atoms with Gasteiger partial charge in [-0.15, -0.1) is 0 Å². The molecule has 8 N–H and O–H groups in total. The number of hydrogen-bond acceptors (Lipinski definition) is 4. The molecule has 156 valence electrons. The molecule has 4 rings (SSSR count). The number of nitrogens with zero attached hydrogens (tertiary/aromatic N) is 1. The van der Waals surface area contributed by atoms with Crippen molar-refractivity contribution >= 4 is 22.8 Å². The Morgan fingerprint density at radius 2 is 1.74 bits per heavy atom. The van der Waals surface area contributed by atoms with E-state index in [9.17, 15) is 0 Å². The molecule has 2 aromatic carbocycles. The number of aromatic nitrogens is 1. The fourth-order valence-corrected chi connectivity index (χ4v) is 3.73. The van der Waals surface area contributed by atoms with Crippen molar-refractivity contribution in [2.45, 2.75) is 13.3 Å². The number of allylic oxidation sites excluding steroid dienone is 4. The highest BCUT2D eigenvalue weighted by Gasteiger charge is 2.26. The van der Waals surface area contributed by atoms with Gasteiger partial charge in [-0.05, 0) is 47.9 Å². The van der Waals surface area contributed by atoms with Gasteiger partial charge in [-0.3, -0.25) is 11.1 Å². The van der Waals surface area contributed by atoms with Crippen LogP contribution in [0.3, 0.4) is 0 Å². The summed E-state index contributed by atoms with van der Waals surface area (Å²) < 4.78 is 6.02. The minimum absolute atomic E-state index is 0.135. The molecule has 1 unspecified atom stereocenters. The lowest BCUT2D eigenvalue weighted by atomic mass is 9.87. The van der Waals surface area contributed by atoms with Crippen molar-refractivity contribution < 1.29 is 10.1 Å². The summed E-state index contributed by atoms with van der Waals surface area (Å²) in [5, 5.41) is 6.00. The summed E-state index contributed by atoms with van der Waals surface area (Å²) in [6, 6.07) is 19.0. The van der Waals surface area contributed by atoms with Crippen molar-refractivity contribution in [3.63, 3.8) is 0 Å². The summed E-state index contributed by atoms with van der Waals surface area (Å²) in [5.74, 6) is 1.98. The maximum absolute atomic E-state index is 6.36. The Morgan fingerprint density at radius 1 is 1.03 bits per heavy atom. The Balaban J connectivity index is 1.76. The average molecular weight is 413 g/mol. The SMILES string of the molecule is CC1CC(Oc2ccccc2)=CC=C1c1nc(-c2ccc(N)cc2)cc(N)c1C(N)=[NH2+]. The van der Waals surface area contributed by atoms with E-state index in [4.69, 9.17) is 32.3 Å².